The van der Waals surface area contributed by atoms with Crippen LogP contribution in [-0.4, -0.2) is 35.2 Å². The first-order valence-corrected chi connectivity index (χ1v) is 5.44. The molecule has 4 atom stereocenters. The summed E-state index contributed by atoms with van der Waals surface area (Å²) in [5.41, 5.74) is 0. The molecule has 1 N–H and O–H groups in total. The van der Waals surface area contributed by atoms with E-state index in [-0.39, 0.29) is 6.10 Å². The summed E-state index contributed by atoms with van der Waals surface area (Å²) in [7, 11) is 0. The minimum absolute atomic E-state index is 0.154. The molecular weight excluding hydrogens is 162 g/mol. The zero-order chi connectivity index (χ0) is 10.0. The van der Waals surface area contributed by atoms with E-state index in [1.807, 2.05) is 6.92 Å². The van der Waals surface area contributed by atoms with E-state index in [1.54, 1.807) is 0 Å². The molecule has 0 aromatic rings. The van der Waals surface area contributed by atoms with E-state index in [4.69, 9.17) is 0 Å². The van der Waals surface area contributed by atoms with Gasteiger partial charge in [0.2, 0.25) is 0 Å². The van der Waals surface area contributed by atoms with Crippen molar-refractivity contribution in [1.82, 2.24) is 4.90 Å². The quantitative estimate of drug-likeness (QED) is 0.724. The van der Waals surface area contributed by atoms with Gasteiger partial charge in [-0.1, -0.05) is 13.8 Å². The smallest absolute Gasteiger partial charge is 0.0524 e. The fourth-order valence-corrected chi connectivity index (χ4v) is 2.16. The lowest BCUT2D eigenvalue weighted by Gasteiger charge is -2.23. The highest BCUT2D eigenvalue weighted by atomic mass is 16.3. The summed E-state index contributed by atoms with van der Waals surface area (Å²) < 4.78 is 0. The van der Waals surface area contributed by atoms with Crippen molar-refractivity contribution in [3.05, 3.63) is 0 Å². The molecule has 0 radical (unpaired) electrons. The Hall–Kier alpha value is -0.0800. The van der Waals surface area contributed by atoms with Crippen molar-refractivity contribution in [2.75, 3.05) is 13.1 Å². The second-order valence-corrected chi connectivity index (χ2v) is 4.71. The zero-order valence-electron chi connectivity index (χ0n) is 9.33. The van der Waals surface area contributed by atoms with Crippen LogP contribution in [0.25, 0.3) is 0 Å². The Kier molecular flexibility index (Phi) is 3.74. The van der Waals surface area contributed by atoms with Crippen LogP contribution in [0.3, 0.4) is 0 Å². The fraction of sp³-hybridized carbons (Fsp3) is 1.00. The van der Waals surface area contributed by atoms with Crippen LogP contribution in [-0.2, 0) is 0 Å². The van der Waals surface area contributed by atoms with Gasteiger partial charge >= 0.3 is 0 Å². The molecule has 0 spiro atoms. The maximum Gasteiger partial charge on any atom is 0.0524 e. The molecule has 0 saturated carbocycles. The monoisotopic (exact) mass is 185 g/mol. The first kappa shape index (κ1) is 11.0. The van der Waals surface area contributed by atoms with Crippen LogP contribution in [0.1, 0.15) is 34.1 Å². The number of rotatable bonds is 3. The van der Waals surface area contributed by atoms with Crippen LogP contribution < -0.4 is 0 Å². The number of aliphatic hydroxyl groups excluding tert-OH is 1. The Bertz CT molecular complexity index is 158. The van der Waals surface area contributed by atoms with E-state index in [0.29, 0.717) is 6.04 Å². The fourth-order valence-electron chi connectivity index (χ4n) is 2.16. The maximum absolute atomic E-state index is 9.20. The summed E-state index contributed by atoms with van der Waals surface area (Å²) in [6.45, 7) is 11.1. The number of hydrogen-bond acceptors (Lipinski definition) is 2. The van der Waals surface area contributed by atoms with Gasteiger partial charge in [0.15, 0.2) is 0 Å². The van der Waals surface area contributed by atoms with Crippen molar-refractivity contribution in [2.24, 2.45) is 11.8 Å². The van der Waals surface area contributed by atoms with Crippen molar-refractivity contribution < 1.29 is 5.11 Å². The lowest BCUT2D eigenvalue weighted by molar-refractivity contribution is 0.150. The van der Waals surface area contributed by atoms with Crippen molar-refractivity contribution in [3.63, 3.8) is 0 Å². The number of nitrogens with zero attached hydrogens (tertiary/aromatic N) is 1. The molecule has 1 heterocycles. The molecule has 2 heteroatoms. The van der Waals surface area contributed by atoms with Crippen LogP contribution in [0.5, 0.6) is 0 Å². The van der Waals surface area contributed by atoms with Gasteiger partial charge in [-0.2, -0.15) is 0 Å². The van der Waals surface area contributed by atoms with Gasteiger partial charge in [0.25, 0.3) is 0 Å². The van der Waals surface area contributed by atoms with Crippen molar-refractivity contribution in [2.45, 2.75) is 46.3 Å². The Morgan fingerprint density at radius 2 is 2.00 bits per heavy atom. The first-order valence-electron chi connectivity index (χ1n) is 5.44. The standard InChI is InChI=1S/C11H23NO/c1-8-7-12(6-5-9(2)13)11(4)10(8)3/h8-11,13H,5-7H2,1-4H3. The van der Waals surface area contributed by atoms with Crippen molar-refractivity contribution in [3.8, 4) is 0 Å². The Morgan fingerprint density at radius 3 is 2.38 bits per heavy atom. The first-order chi connectivity index (χ1) is 6.02. The minimum Gasteiger partial charge on any atom is -0.393 e. The van der Waals surface area contributed by atoms with Gasteiger partial charge < -0.3 is 10.0 Å². The van der Waals surface area contributed by atoms with Crippen LogP contribution in [0.4, 0.5) is 0 Å². The molecule has 1 fully saturated rings. The van der Waals surface area contributed by atoms with E-state index >= 15 is 0 Å². The Labute approximate surface area is 81.9 Å². The predicted octanol–water partition coefficient (Wildman–Crippen LogP) is 1.73. The average Bonchev–Trinajstić information content (AvgIpc) is 2.29. The molecule has 0 bridgehead atoms. The third-order valence-corrected chi connectivity index (χ3v) is 3.59. The molecule has 4 unspecified atom stereocenters. The third kappa shape index (κ3) is 2.68. The second kappa shape index (κ2) is 4.43. The molecule has 0 amide bonds. The highest BCUT2D eigenvalue weighted by molar-refractivity contribution is 4.85. The Morgan fingerprint density at radius 1 is 1.38 bits per heavy atom. The maximum atomic E-state index is 9.20. The molecule has 1 rings (SSSR count). The van der Waals surface area contributed by atoms with Crippen LogP contribution in [0.15, 0.2) is 0 Å². The van der Waals surface area contributed by atoms with E-state index in [1.165, 1.54) is 6.54 Å². The number of aliphatic hydroxyl groups is 1. The number of likely N-dealkylation sites (tertiary alicyclic amines) is 1. The Balaban J connectivity index is 2.35. The normalized spacial score (nSPS) is 38.1. The molecule has 0 aromatic carbocycles. The molecule has 13 heavy (non-hydrogen) atoms. The van der Waals surface area contributed by atoms with E-state index < -0.39 is 0 Å². The van der Waals surface area contributed by atoms with Gasteiger partial charge in [0, 0.05) is 19.1 Å². The largest absolute Gasteiger partial charge is 0.393 e. The summed E-state index contributed by atoms with van der Waals surface area (Å²) in [4.78, 5) is 2.50. The molecule has 1 saturated heterocycles. The van der Waals surface area contributed by atoms with Crippen molar-refractivity contribution in [1.29, 1.82) is 0 Å². The van der Waals surface area contributed by atoms with Crippen LogP contribution >= 0.6 is 0 Å². The molecule has 0 aromatic heterocycles. The molecule has 2 nitrogen and oxygen atoms in total. The highest BCUT2D eigenvalue weighted by Gasteiger charge is 2.32. The summed E-state index contributed by atoms with van der Waals surface area (Å²) in [5.74, 6) is 1.61. The van der Waals surface area contributed by atoms with Gasteiger partial charge in [0.05, 0.1) is 6.10 Å². The molecule has 0 aliphatic carbocycles. The van der Waals surface area contributed by atoms with Gasteiger partial charge in [0.1, 0.15) is 0 Å². The average molecular weight is 185 g/mol. The summed E-state index contributed by atoms with van der Waals surface area (Å²) >= 11 is 0. The van der Waals surface area contributed by atoms with E-state index in [9.17, 15) is 5.11 Å². The molecular formula is C11H23NO. The molecule has 1 aliphatic rings. The van der Waals surface area contributed by atoms with Crippen LogP contribution in [0, 0.1) is 11.8 Å². The highest BCUT2D eigenvalue weighted by Crippen LogP contribution is 2.28. The van der Waals surface area contributed by atoms with E-state index in [0.717, 1.165) is 24.8 Å². The predicted molar refractivity (Wildman–Crippen MR) is 55.7 cm³/mol. The topological polar surface area (TPSA) is 23.5 Å². The van der Waals surface area contributed by atoms with Gasteiger partial charge in [-0.05, 0) is 32.1 Å². The lowest BCUT2D eigenvalue weighted by Crippen LogP contribution is -2.31. The molecule has 78 valence electrons. The van der Waals surface area contributed by atoms with Gasteiger partial charge in [-0.15, -0.1) is 0 Å². The van der Waals surface area contributed by atoms with Gasteiger partial charge in [-0.3, -0.25) is 0 Å². The summed E-state index contributed by atoms with van der Waals surface area (Å²) in [5, 5.41) is 9.20. The lowest BCUT2D eigenvalue weighted by atomic mass is 9.95. The zero-order valence-corrected chi connectivity index (χ0v) is 9.33. The van der Waals surface area contributed by atoms with Crippen molar-refractivity contribution >= 4 is 0 Å². The summed E-state index contributed by atoms with van der Waals surface area (Å²) in [6, 6.07) is 0.689. The second-order valence-electron chi connectivity index (χ2n) is 4.71. The van der Waals surface area contributed by atoms with Gasteiger partial charge in [-0.25, -0.2) is 0 Å². The van der Waals surface area contributed by atoms with Crippen LogP contribution in [0.2, 0.25) is 0 Å². The minimum atomic E-state index is -0.154. The summed E-state index contributed by atoms with van der Waals surface area (Å²) in [6.07, 6.45) is 0.752. The third-order valence-electron chi connectivity index (χ3n) is 3.59. The van der Waals surface area contributed by atoms with E-state index in [2.05, 4.69) is 25.7 Å². The SMILES string of the molecule is CC(O)CCN1CC(C)C(C)C1C. The number of hydrogen-bond donors (Lipinski definition) is 1. The molecule has 1 aliphatic heterocycles.